The summed E-state index contributed by atoms with van der Waals surface area (Å²) in [7, 11) is 3.64. The van der Waals surface area contributed by atoms with Crippen molar-refractivity contribution in [2.45, 2.75) is 19.4 Å². The minimum Gasteiger partial charge on any atom is -0.497 e. The number of hydrogen-bond acceptors (Lipinski definition) is 3. The summed E-state index contributed by atoms with van der Waals surface area (Å²) in [6.45, 7) is 2.15. The lowest BCUT2D eigenvalue weighted by Crippen LogP contribution is -2.20. The highest BCUT2D eigenvalue weighted by Crippen LogP contribution is 2.25. The van der Waals surface area contributed by atoms with Gasteiger partial charge in [-0.3, -0.25) is 4.98 Å². The van der Waals surface area contributed by atoms with Gasteiger partial charge < -0.3 is 10.1 Å². The van der Waals surface area contributed by atoms with Crippen molar-refractivity contribution < 1.29 is 4.74 Å². The zero-order valence-electron chi connectivity index (χ0n) is 11.7. The van der Waals surface area contributed by atoms with E-state index in [1.54, 1.807) is 7.11 Å². The molecule has 3 heteroatoms. The summed E-state index contributed by atoms with van der Waals surface area (Å²) >= 11 is 0. The average Bonchev–Trinajstić information content (AvgIpc) is 2.49. The smallest absolute Gasteiger partial charge is 0.118 e. The van der Waals surface area contributed by atoms with Gasteiger partial charge in [0.15, 0.2) is 0 Å². The Hall–Kier alpha value is -1.87. The molecule has 1 aromatic heterocycles. The highest BCUT2D eigenvalue weighted by atomic mass is 16.5. The van der Waals surface area contributed by atoms with Crippen LogP contribution in [0.15, 0.2) is 42.6 Å². The van der Waals surface area contributed by atoms with Crippen molar-refractivity contribution in [2.75, 3.05) is 14.2 Å². The van der Waals surface area contributed by atoms with Crippen LogP contribution in [0.5, 0.6) is 5.75 Å². The van der Waals surface area contributed by atoms with Gasteiger partial charge in [0.2, 0.25) is 0 Å². The second-order valence-corrected chi connectivity index (χ2v) is 4.40. The average molecular weight is 256 g/mol. The monoisotopic (exact) mass is 256 g/mol. The van der Waals surface area contributed by atoms with E-state index in [9.17, 15) is 0 Å². The van der Waals surface area contributed by atoms with Gasteiger partial charge >= 0.3 is 0 Å². The van der Waals surface area contributed by atoms with Gasteiger partial charge in [0, 0.05) is 6.20 Å². The molecular weight excluding hydrogens is 236 g/mol. The van der Waals surface area contributed by atoms with Crippen LogP contribution in [-0.4, -0.2) is 19.1 Å². The SMILES string of the molecule is CCc1cccnc1C(NC)c1ccc(OC)cc1. The van der Waals surface area contributed by atoms with Gasteiger partial charge in [-0.05, 0) is 42.8 Å². The summed E-state index contributed by atoms with van der Waals surface area (Å²) < 4.78 is 5.20. The molecule has 19 heavy (non-hydrogen) atoms. The number of pyridine rings is 1. The lowest BCUT2D eigenvalue weighted by Gasteiger charge is -2.19. The van der Waals surface area contributed by atoms with Crippen LogP contribution in [0.25, 0.3) is 0 Å². The van der Waals surface area contributed by atoms with E-state index in [-0.39, 0.29) is 6.04 Å². The van der Waals surface area contributed by atoms with Crippen molar-refractivity contribution in [3.8, 4) is 5.75 Å². The number of nitrogens with one attached hydrogen (secondary N) is 1. The lowest BCUT2D eigenvalue weighted by molar-refractivity contribution is 0.414. The number of rotatable bonds is 5. The maximum absolute atomic E-state index is 5.20. The quantitative estimate of drug-likeness (QED) is 0.893. The molecular formula is C16H20N2O. The molecule has 3 nitrogen and oxygen atoms in total. The zero-order valence-corrected chi connectivity index (χ0v) is 11.7. The van der Waals surface area contributed by atoms with E-state index < -0.39 is 0 Å². The van der Waals surface area contributed by atoms with E-state index in [1.165, 1.54) is 11.1 Å². The topological polar surface area (TPSA) is 34.2 Å². The first kappa shape index (κ1) is 13.6. The molecule has 0 spiro atoms. The molecule has 2 aromatic rings. The van der Waals surface area contributed by atoms with Gasteiger partial charge in [0.1, 0.15) is 5.75 Å². The molecule has 0 aliphatic carbocycles. The molecule has 100 valence electrons. The van der Waals surface area contributed by atoms with Crippen LogP contribution in [0.2, 0.25) is 0 Å². The number of ether oxygens (including phenoxy) is 1. The Morgan fingerprint density at radius 3 is 2.53 bits per heavy atom. The fourth-order valence-electron chi connectivity index (χ4n) is 2.27. The van der Waals surface area contributed by atoms with Crippen LogP contribution in [0.1, 0.15) is 29.8 Å². The van der Waals surface area contributed by atoms with Gasteiger partial charge in [-0.1, -0.05) is 25.1 Å². The van der Waals surface area contributed by atoms with Crippen LogP contribution >= 0.6 is 0 Å². The van der Waals surface area contributed by atoms with E-state index in [0.29, 0.717) is 0 Å². The summed E-state index contributed by atoms with van der Waals surface area (Å²) in [6.07, 6.45) is 2.83. The maximum Gasteiger partial charge on any atom is 0.118 e. The molecule has 1 aromatic carbocycles. The Morgan fingerprint density at radius 2 is 1.95 bits per heavy atom. The maximum atomic E-state index is 5.20. The van der Waals surface area contributed by atoms with Crippen LogP contribution in [0.3, 0.4) is 0 Å². The minimum absolute atomic E-state index is 0.113. The summed E-state index contributed by atoms with van der Waals surface area (Å²) in [4.78, 5) is 4.55. The standard InChI is InChI=1S/C16H20N2O/c1-4-12-6-5-11-18-16(12)15(17-2)13-7-9-14(19-3)10-8-13/h5-11,15,17H,4H2,1-3H3. The molecule has 0 amide bonds. The number of aryl methyl sites for hydroxylation is 1. The molecule has 1 N–H and O–H groups in total. The Bertz CT molecular complexity index is 523. The Morgan fingerprint density at radius 1 is 1.21 bits per heavy atom. The lowest BCUT2D eigenvalue weighted by atomic mass is 9.98. The molecule has 0 fully saturated rings. The first-order valence-electron chi connectivity index (χ1n) is 6.55. The van der Waals surface area contributed by atoms with Crippen LogP contribution in [0.4, 0.5) is 0 Å². The van der Waals surface area contributed by atoms with E-state index >= 15 is 0 Å². The first-order valence-corrected chi connectivity index (χ1v) is 6.55. The van der Waals surface area contributed by atoms with Crippen molar-refractivity contribution in [3.63, 3.8) is 0 Å². The number of methoxy groups -OCH3 is 1. The minimum atomic E-state index is 0.113. The van der Waals surface area contributed by atoms with Gasteiger partial charge in [-0.15, -0.1) is 0 Å². The van der Waals surface area contributed by atoms with Crippen molar-refractivity contribution in [2.24, 2.45) is 0 Å². The summed E-state index contributed by atoms with van der Waals surface area (Å²) in [5.41, 5.74) is 3.56. The van der Waals surface area contributed by atoms with Gasteiger partial charge in [-0.25, -0.2) is 0 Å². The van der Waals surface area contributed by atoms with Crippen molar-refractivity contribution >= 4 is 0 Å². The molecule has 1 atom stereocenters. The Kier molecular flexibility index (Phi) is 4.53. The molecule has 0 aliphatic heterocycles. The third kappa shape index (κ3) is 2.93. The third-order valence-corrected chi connectivity index (χ3v) is 3.32. The van der Waals surface area contributed by atoms with E-state index in [2.05, 4.69) is 35.4 Å². The number of nitrogens with zero attached hydrogens (tertiary/aromatic N) is 1. The fourth-order valence-corrected chi connectivity index (χ4v) is 2.27. The zero-order chi connectivity index (χ0) is 13.7. The number of aromatic nitrogens is 1. The van der Waals surface area contributed by atoms with E-state index in [0.717, 1.165) is 17.9 Å². The molecule has 1 heterocycles. The second kappa shape index (κ2) is 6.34. The van der Waals surface area contributed by atoms with Crippen molar-refractivity contribution in [3.05, 3.63) is 59.4 Å². The highest BCUT2D eigenvalue weighted by Gasteiger charge is 2.16. The molecule has 1 unspecified atom stereocenters. The normalized spacial score (nSPS) is 12.2. The molecule has 2 rings (SSSR count). The number of benzene rings is 1. The molecule has 0 saturated carbocycles. The van der Waals surface area contributed by atoms with Crippen LogP contribution in [0, 0.1) is 0 Å². The van der Waals surface area contributed by atoms with Crippen LogP contribution < -0.4 is 10.1 Å². The summed E-state index contributed by atoms with van der Waals surface area (Å²) in [5.74, 6) is 0.871. The predicted octanol–water partition coefficient (Wildman–Crippen LogP) is 2.96. The Labute approximate surface area is 114 Å². The summed E-state index contributed by atoms with van der Waals surface area (Å²) in [5, 5.41) is 3.34. The van der Waals surface area contributed by atoms with Crippen LogP contribution in [-0.2, 0) is 6.42 Å². The second-order valence-electron chi connectivity index (χ2n) is 4.40. The Balaban J connectivity index is 2.37. The molecule has 0 aliphatic rings. The largest absolute Gasteiger partial charge is 0.497 e. The highest BCUT2D eigenvalue weighted by molar-refractivity contribution is 5.36. The van der Waals surface area contributed by atoms with E-state index in [4.69, 9.17) is 4.74 Å². The van der Waals surface area contributed by atoms with Crippen molar-refractivity contribution in [1.29, 1.82) is 0 Å². The first-order chi connectivity index (χ1) is 9.30. The fraction of sp³-hybridized carbons (Fsp3) is 0.312. The van der Waals surface area contributed by atoms with Gasteiger partial charge in [0.05, 0.1) is 18.8 Å². The molecule has 0 saturated heterocycles. The van der Waals surface area contributed by atoms with Crippen molar-refractivity contribution in [1.82, 2.24) is 10.3 Å². The third-order valence-electron chi connectivity index (χ3n) is 3.32. The summed E-state index contributed by atoms with van der Waals surface area (Å²) in [6, 6.07) is 12.4. The van der Waals surface area contributed by atoms with E-state index in [1.807, 2.05) is 31.4 Å². The molecule has 0 bridgehead atoms. The van der Waals surface area contributed by atoms with Gasteiger partial charge in [-0.2, -0.15) is 0 Å². The number of hydrogen-bond donors (Lipinski definition) is 1. The van der Waals surface area contributed by atoms with Gasteiger partial charge in [0.25, 0.3) is 0 Å². The molecule has 0 radical (unpaired) electrons. The predicted molar refractivity (Wildman–Crippen MR) is 77.5 cm³/mol.